The Labute approximate surface area is 183 Å². The molecule has 0 unspecified atom stereocenters. The molecule has 4 rings (SSSR count). The minimum Gasteiger partial charge on any atom is -0.457 e. The molecule has 1 N–H and O–H groups in total. The summed E-state index contributed by atoms with van der Waals surface area (Å²) < 4.78 is 58.5. The maximum atomic E-state index is 14.4. The topological polar surface area (TPSA) is 38.3 Å². The highest BCUT2D eigenvalue weighted by Crippen LogP contribution is 2.34. The van der Waals surface area contributed by atoms with Crippen LogP contribution in [-0.4, -0.2) is 24.5 Å². The first-order chi connectivity index (χ1) is 15.2. The lowest BCUT2D eigenvalue weighted by atomic mass is 9.82. The van der Waals surface area contributed by atoms with E-state index < -0.39 is 17.4 Å². The first-order valence-corrected chi connectivity index (χ1v) is 10.5. The van der Waals surface area contributed by atoms with E-state index in [2.05, 4.69) is 5.32 Å². The molecule has 0 amide bonds. The van der Waals surface area contributed by atoms with Gasteiger partial charge in [-0.15, -0.1) is 0 Å². The molecular weight excluding hydrogens is 422 g/mol. The number of benzene rings is 3. The minimum absolute atomic E-state index is 0.0521. The molecular formula is C25H23F4NO2. The molecule has 0 radical (unpaired) electrons. The van der Waals surface area contributed by atoms with Crippen LogP contribution in [0.1, 0.15) is 35.7 Å². The standard InChI is InChI=1S/C25H23F4NO2/c1-16(24(26)14-30-15-24)5-12-22(31)18-6-11-21-17(13-18)3-2-4-23(21)32-20-9-7-19(8-10-20)25(27,28)29/h2-4,6-11,13,16,30H,5,12,14-15H2,1H3/t16-/m1/s1. The molecule has 168 valence electrons. The Morgan fingerprint density at radius 2 is 1.81 bits per heavy atom. The summed E-state index contributed by atoms with van der Waals surface area (Å²) in [4.78, 5) is 12.7. The lowest BCUT2D eigenvalue weighted by Crippen LogP contribution is -2.59. The van der Waals surface area contributed by atoms with Crippen LogP contribution in [0.5, 0.6) is 11.5 Å². The van der Waals surface area contributed by atoms with Gasteiger partial charge in [-0.1, -0.05) is 25.1 Å². The van der Waals surface area contributed by atoms with E-state index in [1.54, 1.807) is 30.3 Å². The van der Waals surface area contributed by atoms with Gasteiger partial charge < -0.3 is 10.1 Å². The lowest BCUT2D eigenvalue weighted by molar-refractivity contribution is -0.137. The molecule has 0 aromatic heterocycles. The molecule has 1 atom stereocenters. The second kappa shape index (κ2) is 8.54. The van der Waals surface area contributed by atoms with Crippen molar-refractivity contribution in [3.8, 4) is 11.5 Å². The van der Waals surface area contributed by atoms with Crippen LogP contribution >= 0.6 is 0 Å². The molecule has 32 heavy (non-hydrogen) atoms. The molecule has 1 heterocycles. The lowest BCUT2D eigenvalue weighted by Gasteiger charge is -2.40. The number of nitrogens with one attached hydrogen (secondary N) is 1. The Morgan fingerprint density at radius 3 is 2.44 bits per heavy atom. The fourth-order valence-electron chi connectivity index (χ4n) is 3.82. The van der Waals surface area contributed by atoms with Crippen molar-refractivity contribution in [1.29, 1.82) is 0 Å². The van der Waals surface area contributed by atoms with Gasteiger partial charge in [-0.2, -0.15) is 13.2 Å². The third kappa shape index (κ3) is 4.63. The zero-order chi connectivity index (χ0) is 22.9. The van der Waals surface area contributed by atoms with E-state index in [4.69, 9.17) is 4.74 Å². The fourth-order valence-corrected chi connectivity index (χ4v) is 3.82. The van der Waals surface area contributed by atoms with Gasteiger partial charge in [0.25, 0.3) is 0 Å². The number of halogens is 4. The summed E-state index contributed by atoms with van der Waals surface area (Å²) in [7, 11) is 0. The first-order valence-electron chi connectivity index (χ1n) is 10.5. The SMILES string of the molecule is C[C@H](CCC(=O)c1ccc2c(Oc3ccc(C(F)(F)F)cc3)cccc2c1)C1(F)CNC1. The van der Waals surface area contributed by atoms with Crippen molar-refractivity contribution in [2.45, 2.75) is 31.6 Å². The smallest absolute Gasteiger partial charge is 0.416 e. The molecule has 7 heteroatoms. The second-order valence-corrected chi connectivity index (χ2v) is 8.32. The van der Waals surface area contributed by atoms with Crippen LogP contribution in [0.3, 0.4) is 0 Å². The van der Waals surface area contributed by atoms with E-state index >= 15 is 0 Å². The van der Waals surface area contributed by atoms with E-state index in [9.17, 15) is 22.4 Å². The van der Waals surface area contributed by atoms with E-state index in [1.807, 2.05) is 13.0 Å². The number of alkyl halides is 4. The van der Waals surface area contributed by atoms with Crippen LogP contribution < -0.4 is 10.1 Å². The number of hydrogen-bond donors (Lipinski definition) is 1. The minimum atomic E-state index is -4.40. The van der Waals surface area contributed by atoms with Crippen molar-refractivity contribution in [1.82, 2.24) is 5.32 Å². The Hall–Kier alpha value is -2.93. The Balaban J connectivity index is 1.48. The second-order valence-electron chi connectivity index (χ2n) is 8.32. The maximum Gasteiger partial charge on any atom is 0.416 e. The zero-order valence-electron chi connectivity index (χ0n) is 17.5. The van der Waals surface area contributed by atoms with E-state index in [0.29, 0.717) is 30.8 Å². The molecule has 1 aliphatic rings. The van der Waals surface area contributed by atoms with E-state index in [-0.39, 0.29) is 23.9 Å². The zero-order valence-corrected chi connectivity index (χ0v) is 17.5. The van der Waals surface area contributed by atoms with Gasteiger partial charge in [0, 0.05) is 30.5 Å². The molecule has 1 aliphatic heterocycles. The summed E-state index contributed by atoms with van der Waals surface area (Å²) in [5, 5.41) is 4.45. The van der Waals surface area contributed by atoms with Crippen LogP contribution in [0, 0.1) is 5.92 Å². The highest BCUT2D eigenvalue weighted by Gasteiger charge is 2.42. The fraction of sp³-hybridized carbons (Fsp3) is 0.320. The number of hydrogen-bond acceptors (Lipinski definition) is 3. The number of fused-ring (bicyclic) bond motifs is 1. The Morgan fingerprint density at radius 1 is 1.09 bits per heavy atom. The van der Waals surface area contributed by atoms with Gasteiger partial charge in [-0.25, -0.2) is 4.39 Å². The predicted molar refractivity (Wildman–Crippen MR) is 115 cm³/mol. The van der Waals surface area contributed by atoms with Gasteiger partial charge in [0.2, 0.25) is 0 Å². The van der Waals surface area contributed by atoms with Gasteiger partial charge in [0.05, 0.1) is 5.56 Å². The third-order valence-corrected chi connectivity index (χ3v) is 6.10. The number of carbonyl (C=O) groups excluding carboxylic acids is 1. The van der Waals surface area contributed by atoms with Crippen LogP contribution in [0.4, 0.5) is 17.6 Å². The van der Waals surface area contributed by atoms with Crippen molar-refractivity contribution in [3.05, 3.63) is 71.8 Å². The summed E-state index contributed by atoms with van der Waals surface area (Å²) in [6.45, 7) is 2.50. The van der Waals surface area contributed by atoms with Crippen LogP contribution in [0.25, 0.3) is 10.8 Å². The number of Topliss-reactive ketones (excluding diaryl/α,β-unsaturated/α-hetero) is 1. The maximum absolute atomic E-state index is 14.4. The van der Waals surface area contributed by atoms with Gasteiger partial charge in [-0.05, 0) is 60.2 Å². The number of ketones is 1. The van der Waals surface area contributed by atoms with Crippen molar-refractivity contribution < 1.29 is 27.1 Å². The van der Waals surface area contributed by atoms with Gasteiger partial charge in [-0.3, -0.25) is 4.79 Å². The highest BCUT2D eigenvalue weighted by molar-refractivity contribution is 6.01. The monoisotopic (exact) mass is 445 g/mol. The molecule has 0 aliphatic carbocycles. The Kier molecular flexibility index (Phi) is 5.95. The van der Waals surface area contributed by atoms with Gasteiger partial charge in [0.15, 0.2) is 5.78 Å². The van der Waals surface area contributed by atoms with Gasteiger partial charge >= 0.3 is 6.18 Å². The summed E-state index contributed by atoms with van der Waals surface area (Å²) in [5.41, 5.74) is -1.43. The molecule has 3 aromatic rings. The van der Waals surface area contributed by atoms with Crippen molar-refractivity contribution in [2.75, 3.05) is 13.1 Å². The molecule has 3 nitrogen and oxygen atoms in total. The van der Waals surface area contributed by atoms with Crippen LogP contribution in [0.15, 0.2) is 60.7 Å². The molecule has 1 saturated heterocycles. The van der Waals surface area contributed by atoms with Crippen molar-refractivity contribution in [2.24, 2.45) is 5.92 Å². The van der Waals surface area contributed by atoms with Crippen LogP contribution in [0.2, 0.25) is 0 Å². The van der Waals surface area contributed by atoms with Gasteiger partial charge in [0.1, 0.15) is 17.2 Å². The van der Waals surface area contributed by atoms with Crippen molar-refractivity contribution >= 4 is 16.6 Å². The molecule has 1 fully saturated rings. The first kappa shape index (κ1) is 22.3. The molecule has 3 aromatic carbocycles. The highest BCUT2D eigenvalue weighted by atomic mass is 19.4. The number of rotatable bonds is 7. The summed E-state index contributed by atoms with van der Waals surface area (Å²) in [6, 6.07) is 15.0. The summed E-state index contributed by atoms with van der Waals surface area (Å²) >= 11 is 0. The average Bonchev–Trinajstić information content (AvgIpc) is 2.75. The van der Waals surface area contributed by atoms with E-state index in [0.717, 1.165) is 22.9 Å². The van der Waals surface area contributed by atoms with Crippen LogP contribution in [-0.2, 0) is 6.18 Å². The largest absolute Gasteiger partial charge is 0.457 e. The molecule has 0 spiro atoms. The Bertz CT molecular complexity index is 1120. The molecule has 0 saturated carbocycles. The predicted octanol–water partition coefficient (Wildman–Crippen LogP) is 6.56. The average molecular weight is 445 g/mol. The number of carbonyl (C=O) groups is 1. The van der Waals surface area contributed by atoms with Crippen molar-refractivity contribution in [3.63, 3.8) is 0 Å². The normalized spacial score (nSPS) is 16.4. The van der Waals surface area contributed by atoms with E-state index in [1.165, 1.54) is 12.1 Å². The number of ether oxygens (including phenoxy) is 1. The quantitative estimate of drug-likeness (QED) is 0.331. The summed E-state index contributed by atoms with van der Waals surface area (Å²) in [5.74, 6) is 0.512. The molecule has 0 bridgehead atoms. The summed E-state index contributed by atoms with van der Waals surface area (Å²) in [6.07, 6.45) is -3.66. The third-order valence-electron chi connectivity index (χ3n) is 6.10.